The Balaban J connectivity index is 4.75. The molecular weight excluding hydrogens is 880 g/mol. The number of hydrogen-bond donors (Lipinski definition) is 2. The lowest BCUT2D eigenvalue weighted by Crippen LogP contribution is -2.30. The smallest absolute Gasteiger partial charge is 0.462 e. The number of unbranched alkanes of at least 4 members (excludes halogenated alkanes) is 23. The maximum absolute atomic E-state index is 12.9. The highest BCUT2D eigenvalue weighted by Gasteiger charge is 2.28. The first-order valence-electron chi connectivity index (χ1n) is 27.2. The molecule has 0 aliphatic heterocycles. The van der Waals surface area contributed by atoms with E-state index in [1.807, 2.05) is 0 Å². The Hall–Kier alpha value is -2.82. The van der Waals surface area contributed by atoms with Gasteiger partial charge in [-0.15, -0.1) is 0 Å². The van der Waals surface area contributed by atoms with Gasteiger partial charge in [0.15, 0.2) is 6.10 Å². The summed E-state index contributed by atoms with van der Waals surface area (Å²) in [5.41, 5.74) is 0. The lowest BCUT2D eigenvalue weighted by molar-refractivity contribution is -0.161. The van der Waals surface area contributed by atoms with Gasteiger partial charge in [-0.05, 0) is 83.5 Å². The molecular formula is C56H99O11P. The second-order valence-corrected chi connectivity index (χ2v) is 19.5. The second kappa shape index (κ2) is 50.6. The summed E-state index contributed by atoms with van der Waals surface area (Å²) in [5, 5.41) is 9.77. The van der Waals surface area contributed by atoms with Crippen LogP contribution in [0.2, 0.25) is 0 Å². The van der Waals surface area contributed by atoms with Crippen LogP contribution in [0.5, 0.6) is 0 Å². The van der Waals surface area contributed by atoms with Gasteiger partial charge in [0.05, 0.1) is 19.8 Å². The number of allylic oxidation sites excluding steroid dienone is 10. The van der Waals surface area contributed by atoms with Crippen molar-refractivity contribution in [2.24, 2.45) is 0 Å². The predicted octanol–water partition coefficient (Wildman–Crippen LogP) is 15.6. The number of carbonyl (C=O) groups excluding carboxylic acids is 3. The van der Waals surface area contributed by atoms with Gasteiger partial charge in [-0.1, -0.05) is 197 Å². The van der Waals surface area contributed by atoms with Crippen molar-refractivity contribution in [1.82, 2.24) is 0 Å². The van der Waals surface area contributed by atoms with Crippen molar-refractivity contribution < 1.29 is 52.2 Å². The lowest BCUT2D eigenvalue weighted by atomic mass is 10.1. The molecule has 0 aliphatic rings. The van der Waals surface area contributed by atoms with Crippen molar-refractivity contribution in [2.45, 2.75) is 251 Å². The fraction of sp³-hybridized carbons (Fsp3) is 0.768. The Morgan fingerprint density at radius 1 is 0.426 bits per heavy atom. The van der Waals surface area contributed by atoms with Crippen LogP contribution in [0.15, 0.2) is 60.8 Å². The number of carbonyl (C=O) groups is 3. The summed E-state index contributed by atoms with van der Waals surface area (Å²) in [5.74, 6) is -1.50. The summed E-state index contributed by atoms with van der Waals surface area (Å²) >= 11 is 0. The molecule has 0 fully saturated rings. The van der Waals surface area contributed by atoms with Crippen molar-refractivity contribution in [2.75, 3.05) is 26.4 Å². The van der Waals surface area contributed by atoms with Crippen LogP contribution >= 0.6 is 7.82 Å². The van der Waals surface area contributed by atoms with Crippen LogP contribution in [-0.2, 0) is 42.2 Å². The van der Waals surface area contributed by atoms with E-state index in [0.29, 0.717) is 19.3 Å². The van der Waals surface area contributed by atoms with Gasteiger partial charge in [0.1, 0.15) is 12.7 Å². The third kappa shape index (κ3) is 48.2. The van der Waals surface area contributed by atoms with Crippen molar-refractivity contribution >= 4 is 25.7 Å². The monoisotopic (exact) mass is 979 g/mol. The molecule has 0 spiro atoms. The number of aliphatic hydroxyl groups is 1. The van der Waals surface area contributed by atoms with Gasteiger partial charge < -0.3 is 24.2 Å². The first-order valence-corrected chi connectivity index (χ1v) is 28.7. The zero-order chi connectivity index (χ0) is 49.9. The van der Waals surface area contributed by atoms with Gasteiger partial charge in [0.2, 0.25) is 0 Å². The Kier molecular flexibility index (Phi) is 48.5. The molecule has 68 heavy (non-hydrogen) atoms. The lowest BCUT2D eigenvalue weighted by Gasteiger charge is -2.21. The number of esters is 3. The zero-order valence-corrected chi connectivity index (χ0v) is 44.2. The van der Waals surface area contributed by atoms with Gasteiger partial charge in [0, 0.05) is 19.3 Å². The molecule has 0 amide bonds. The number of rotatable bonds is 50. The van der Waals surface area contributed by atoms with E-state index in [1.54, 1.807) is 0 Å². The summed E-state index contributed by atoms with van der Waals surface area (Å²) in [6.07, 6.45) is 53.3. The minimum absolute atomic E-state index is 0.141. The van der Waals surface area contributed by atoms with E-state index in [-0.39, 0.29) is 25.9 Å². The fourth-order valence-corrected chi connectivity index (χ4v) is 8.07. The Morgan fingerprint density at radius 2 is 0.765 bits per heavy atom. The topological polar surface area (TPSA) is 155 Å². The highest BCUT2D eigenvalue weighted by molar-refractivity contribution is 7.47. The van der Waals surface area contributed by atoms with Gasteiger partial charge in [-0.2, -0.15) is 0 Å². The minimum Gasteiger partial charge on any atom is -0.462 e. The third-order valence-corrected chi connectivity index (χ3v) is 12.4. The third-order valence-electron chi connectivity index (χ3n) is 11.4. The van der Waals surface area contributed by atoms with Crippen molar-refractivity contribution in [3.8, 4) is 0 Å². The summed E-state index contributed by atoms with van der Waals surface area (Å²) in [7, 11) is -4.75. The highest BCUT2D eigenvalue weighted by atomic mass is 31.2. The summed E-state index contributed by atoms with van der Waals surface area (Å²) in [4.78, 5) is 48.3. The van der Waals surface area contributed by atoms with Crippen LogP contribution in [-0.4, -0.2) is 66.5 Å². The summed E-state index contributed by atoms with van der Waals surface area (Å²) in [6, 6.07) is 0. The van der Waals surface area contributed by atoms with Gasteiger partial charge in [-0.3, -0.25) is 23.4 Å². The van der Waals surface area contributed by atoms with Crippen LogP contribution in [0.1, 0.15) is 239 Å². The highest BCUT2D eigenvalue weighted by Crippen LogP contribution is 2.43. The average molecular weight is 979 g/mol. The number of phosphoric acid groups is 1. The molecule has 3 unspecified atom stereocenters. The predicted molar refractivity (Wildman–Crippen MR) is 279 cm³/mol. The van der Waals surface area contributed by atoms with Crippen LogP contribution in [0.4, 0.5) is 0 Å². The molecule has 0 heterocycles. The van der Waals surface area contributed by atoms with E-state index in [1.165, 1.54) is 83.5 Å². The maximum Gasteiger partial charge on any atom is 0.472 e. The van der Waals surface area contributed by atoms with E-state index < -0.39 is 57.8 Å². The standard InChI is InChI=1S/C56H99O11P/c1-4-7-10-13-16-19-22-24-25-26-27-29-32-35-38-41-44-47-56(60)67-53(49-63-54(58)45-42-39-36-33-30-21-18-15-12-9-6-3)51-65-68(61,62)64-50-52(48-57)66-55(59)46-43-40-37-34-31-28-23-20-17-14-11-8-5-2/h8,11,16-17,19-20,24-25,28,31,52-53,57H,4-7,9-10,12-15,18,21-23,26-27,29-30,32-51H2,1-3H3,(H,61,62)/b11-8-,19-16-,20-17-,25-24-,31-28-. The average Bonchev–Trinajstić information content (AvgIpc) is 3.32. The van der Waals surface area contributed by atoms with Crippen LogP contribution in [0.3, 0.4) is 0 Å². The first kappa shape index (κ1) is 65.2. The molecule has 0 aliphatic carbocycles. The number of phosphoric ester groups is 1. The Labute approximate surface area is 415 Å². The van der Waals surface area contributed by atoms with E-state index in [9.17, 15) is 28.9 Å². The zero-order valence-electron chi connectivity index (χ0n) is 43.3. The van der Waals surface area contributed by atoms with Crippen LogP contribution in [0, 0.1) is 0 Å². The van der Waals surface area contributed by atoms with Crippen molar-refractivity contribution in [1.29, 1.82) is 0 Å². The Bertz CT molecular complexity index is 1370. The van der Waals surface area contributed by atoms with E-state index in [2.05, 4.69) is 81.5 Å². The van der Waals surface area contributed by atoms with Crippen molar-refractivity contribution in [3.05, 3.63) is 60.8 Å². The maximum atomic E-state index is 12.9. The minimum atomic E-state index is -4.75. The number of hydrogen-bond acceptors (Lipinski definition) is 10. The molecule has 0 aromatic carbocycles. The SMILES string of the molecule is CC/C=C\C/C=C\C/C=C\CCCCCC(=O)OC(CO)COP(=O)(O)OCC(COC(=O)CCCCCCCCCCCCC)OC(=O)CCCCCCCCC/C=C\C/C=C\CCCCC. The van der Waals surface area contributed by atoms with Crippen molar-refractivity contribution in [3.63, 3.8) is 0 Å². The Morgan fingerprint density at radius 3 is 1.22 bits per heavy atom. The largest absolute Gasteiger partial charge is 0.472 e. The van der Waals surface area contributed by atoms with E-state index in [4.69, 9.17) is 23.3 Å². The second-order valence-electron chi connectivity index (χ2n) is 18.0. The van der Waals surface area contributed by atoms with Crippen LogP contribution < -0.4 is 0 Å². The number of ether oxygens (including phenoxy) is 3. The molecule has 0 aromatic heterocycles. The fourth-order valence-electron chi connectivity index (χ4n) is 7.28. The molecule has 0 bridgehead atoms. The van der Waals surface area contributed by atoms with Gasteiger partial charge in [-0.25, -0.2) is 4.57 Å². The normalized spacial score (nSPS) is 13.9. The molecule has 11 nitrogen and oxygen atoms in total. The molecule has 0 aromatic rings. The summed E-state index contributed by atoms with van der Waals surface area (Å²) in [6.45, 7) is 4.45. The first-order chi connectivity index (χ1) is 33.2. The molecule has 0 radical (unpaired) electrons. The van der Waals surface area contributed by atoms with E-state index in [0.717, 1.165) is 96.3 Å². The molecule has 2 N–H and O–H groups in total. The molecule has 394 valence electrons. The van der Waals surface area contributed by atoms with Crippen LogP contribution in [0.25, 0.3) is 0 Å². The molecule has 0 rings (SSSR count). The number of aliphatic hydroxyl groups excluding tert-OH is 1. The van der Waals surface area contributed by atoms with Gasteiger partial charge in [0.25, 0.3) is 0 Å². The van der Waals surface area contributed by atoms with E-state index >= 15 is 0 Å². The molecule has 0 saturated heterocycles. The molecule has 0 saturated carbocycles. The molecule has 12 heteroatoms. The quantitative estimate of drug-likeness (QED) is 0.0197. The molecule has 3 atom stereocenters. The van der Waals surface area contributed by atoms with Gasteiger partial charge >= 0.3 is 25.7 Å². The summed E-state index contributed by atoms with van der Waals surface area (Å²) < 4.78 is 39.4.